The van der Waals surface area contributed by atoms with E-state index in [-0.39, 0.29) is 29.6 Å². The summed E-state index contributed by atoms with van der Waals surface area (Å²) in [5.41, 5.74) is 2.55. The first-order valence-corrected chi connectivity index (χ1v) is 9.10. The Hall–Kier alpha value is -2.33. The standard InChI is InChI=1S/C21H23ClN2O2/c1-21(2,3)17-9-4-5-10-18(17)24-13-14(11-19(24)25)20(26)23-16-8-6-7-15(22)12-16/h4-10,12,14H,11,13H2,1-3H3,(H,23,26). The van der Waals surface area contributed by atoms with E-state index in [0.717, 1.165) is 11.3 Å². The second-order valence-corrected chi connectivity index (χ2v) is 8.11. The van der Waals surface area contributed by atoms with E-state index in [1.165, 1.54) is 0 Å². The predicted molar refractivity (Wildman–Crippen MR) is 106 cm³/mol. The molecule has 0 aliphatic carbocycles. The third-order valence-electron chi connectivity index (χ3n) is 4.59. The Morgan fingerprint density at radius 3 is 2.58 bits per heavy atom. The summed E-state index contributed by atoms with van der Waals surface area (Å²) in [7, 11) is 0. The fourth-order valence-electron chi connectivity index (χ4n) is 3.27. The number of anilines is 2. The van der Waals surface area contributed by atoms with Crippen LogP contribution < -0.4 is 10.2 Å². The summed E-state index contributed by atoms with van der Waals surface area (Å²) >= 11 is 5.96. The van der Waals surface area contributed by atoms with Gasteiger partial charge < -0.3 is 10.2 Å². The number of hydrogen-bond acceptors (Lipinski definition) is 2. The second-order valence-electron chi connectivity index (χ2n) is 7.67. The zero-order valence-corrected chi connectivity index (χ0v) is 16.0. The van der Waals surface area contributed by atoms with Crippen molar-refractivity contribution in [1.29, 1.82) is 0 Å². The van der Waals surface area contributed by atoms with Crippen LogP contribution in [0, 0.1) is 5.92 Å². The van der Waals surface area contributed by atoms with Crippen molar-refractivity contribution in [2.75, 3.05) is 16.8 Å². The topological polar surface area (TPSA) is 49.4 Å². The fourth-order valence-corrected chi connectivity index (χ4v) is 3.46. The highest BCUT2D eigenvalue weighted by molar-refractivity contribution is 6.30. The molecule has 0 aromatic heterocycles. The average molecular weight is 371 g/mol. The summed E-state index contributed by atoms with van der Waals surface area (Å²) in [4.78, 5) is 26.9. The Balaban J connectivity index is 1.78. The highest BCUT2D eigenvalue weighted by atomic mass is 35.5. The molecule has 1 unspecified atom stereocenters. The molecule has 1 fully saturated rings. The third kappa shape index (κ3) is 3.91. The third-order valence-corrected chi connectivity index (χ3v) is 4.83. The molecule has 26 heavy (non-hydrogen) atoms. The van der Waals surface area contributed by atoms with Crippen LogP contribution in [0.15, 0.2) is 48.5 Å². The molecule has 2 aromatic carbocycles. The van der Waals surface area contributed by atoms with E-state index in [0.29, 0.717) is 17.3 Å². The van der Waals surface area contributed by atoms with Gasteiger partial charge >= 0.3 is 0 Å². The quantitative estimate of drug-likeness (QED) is 0.856. The maximum Gasteiger partial charge on any atom is 0.229 e. The number of nitrogens with one attached hydrogen (secondary N) is 1. The van der Waals surface area contributed by atoms with Gasteiger partial charge in [-0.15, -0.1) is 0 Å². The van der Waals surface area contributed by atoms with Crippen LogP contribution in [-0.4, -0.2) is 18.4 Å². The average Bonchev–Trinajstić information content (AvgIpc) is 2.96. The van der Waals surface area contributed by atoms with Gasteiger partial charge in [0.25, 0.3) is 0 Å². The molecular weight excluding hydrogens is 348 g/mol. The molecule has 0 spiro atoms. The van der Waals surface area contributed by atoms with Gasteiger partial charge in [0, 0.05) is 29.4 Å². The van der Waals surface area contributed by atoms with Crippen LogP contribution >= 0.6 is 11.6 Å². The van der Waals surface area contributed by atoms with Crippen molar-refractivity contribution in [3.63, 3.8) is 0 Å². The zero-order chi connectivity index (χ0) is 18.9. The number of nitrogens with zero attached hydrogens (tertiary/aromatic N) is 1. The van der Waals surface area contributed by atoms with Crippen molar-refractivity contribution in [2.45, 2.75) is 32.6 Å². The molecule has 0 bridgehead atoms. The summed E-state index contributed by atoms with van der Waals surface area (Å²) in [5, 5.41) is 3.42. The molecular formula is C21H23ClN2O2. The van der Waals surface area contributed by atoms with E-state index in [4.69, 9.17) is 11.6 Å². The van der Waals surface area contributed by atoms with Crippen molar-refractivity contribution in [3.05, 3.63) is 59.1 Å². The summed E-state index contributed by atoms with van der Waals surface area (Å²) in [6, 6.07) is 14.9. The number of carbonyl (C=O) groups is 2. The van der Waals surface area contributed by atoms with Crippen LogP contribution in [0.4, 0.5) is 11.4 Å². The smallest absolute Gasteiger partial charge is 0.229 e. The highest BCUT2D eigenvalue weighted by Crippen LogP contribution is 2.35. The van der Waals surface area contributed by atoms with Crippen LogP contribution in [0.3, 0.4) is 0 Å². The van der Waals surface area contributed by atoms with Crippen molar-refractivity contribution in [2.24, 2.45) is 5.92 Å². The molecule has 0 saturated carbocycles. The minimum absolute atomic E-state index is 0.0204. The Morgan fingerprint density at radius 2 is 1.88 bits per heavy atom. The normalized spacial score (nSPS) is 17.5. The van der Waals surface area contributed by atoms with Gasteiger partial charge in [-0.2, -0.15) is 0 Å². The van der Waals surface area contributed by atoms with Gasteiger partial charge in [-0.3, -0.25) is 9.59 Å². The molecule has 1 N–H and O–H groups in total. The minimum atomic E-state index is -0.380. The van der Waals surface area contributed by atoms with Crippen LogP contribution in [0.25, 0.3) is 0 Å². The molecule has 1 saturated heterocycles. The van der Waals surface area contributed by atoms with Crippen LogP contribution in [0.2, 0.25) is 5.02 Å². The second kappa shape index (κ2) is 7.12. The van der Waals surface area contributed by atoms with E-state index < -0.39 is 0 Å². The molecule has 1 atom stereocenters. The van der Waals surface area contributed by atoms with Crippen molar-refractivity contribution in [1.82, 2.24) is 0 Å². The van der Waals surface area contributed by atoms with Gasteiger partial charge in [0.2, 0.25) is 11.8 Å². The molecule has 3 rings (SSSR count). The highest BCUT2D eigenvalue weighted by Gasteiger charge is 2.37. The van der Waals surface area contributed by atoms with Gasteiger partial charge in [-0.05, 0) is 35.2 Å². The van der Waals surface area contributed by atoms with Gasteiger partial charge in [0.15, 0.2) is 0 Å². The molecule has 2 aromatic rings. The largest absolute Gasteiger partial charge is 0.326 e. The maximum absolute atomic E-state index is 12.6. The molecule has 5 heteroatoms. The van der Waals surface area contributed by atoms with Crippen molar-refractivity contribution in [3.8, 4) is 0 Å². The Bertz CT molecular complexity index is 842. The first-order valence-electron chi connectivity index (χ1n) is 8.72. The summed E-state index contributed by atoms with van der Waals surface area (Å²) in [5.74, 6) is -0.557. The SMILES string of the molecule is CC(C)(C)c1ccccc1N1CC(C(=O)Nc2cccc(Cl)c2)CC1=O. The summed E-state index contributed by atoms with van der Waals surface area (Å²) in [6.45, 7) is 6.75. The number of halogens is 1. The van der Waals surface area contributed by atoms with Crippen molar-refractivity contribution >= 4 is 34.8 Å². The molecule has 1 heterocycles. The van der Waals surface area contributed by atoms with Crippen molar-refractivity contribution < 1.29 is 9.59 Å². The number of rotatable bonds is 3. The molecule has 136 valence electrons. The first kappa shape index (κ1) is 18.5. The first-order chi connectivity index (χ1) is 12.3. The number of carbonyl (C=O) groups excluding carboxylic acids is 2. The Labute approximate surface area is 159 Å². The van der Waals surface area contributed by atoms with Gasteiger partial charge in [-0.1, -0.05) is 56.6 Å². The lowest BCUT2D eigenvalue weighted by molar-refractivity contribution is -0.122. The monoisotopic (exact) mass is 370 g/mol. The fraction of sp³-hybridized carbons (Fsp3) is 0.333. The van der Waals surface area contributed by atoms with Crippen LogP contribution in [0.5, 0.6) is 0 Å². The summed E-state index contributed by atoms with van der Waals surface area (Å²) in [6.07, 6.45) is 0.213. The molecule has 2 amide bonds. The van der Waals surface area contributed by atoms with Gasteiger partial charge in [0.05, 0.1) is 5.92 Å². The van der Waals surface area contributed by atoms with E-state index in [1.807, 2.05) is 24.3 Å². The molecule has 1 aliphatic heterocycles. The molecule has 0 radical (unpaired) electrons. The minimum Gasteiger partial charge on any atom is -0.326 e. The van der Waals surface area contributed by atoms with E-state index >= 15 is 0 Å². The summed E-state index contributed by atoms with van der Waals surface area (Å²) < 4.78 is 0. The lowest BCUT2D eigenvalue weighted by Gasteiger charge is -2.27. The number of para-hydroxylation sites is 1. The lowest BCUT2D eigenvalue weighted by atomic mass is 9.85. The Morgan fingerprint density at radius 1 is 1.15 bits per heavy atom. The van der Waals surface area contributed by atoms with E-state index in [1.54, 1.807) is 29.2 Å². The van der Waals surface area contributed by atoms with Gasteiger partial charge in [0.1, 0.15) is 0 Å². The van der Waals surface area contributed by atoms with E-state index in [2.05, 4.69) is 26.1 Å². The van der Waals surface area contributed by atoms with Gasteiger partial charge in [-0.25, -0.2) is 0 Å². The molecule has 4 nitrogen and oxygen atoms in total. The Kier molecular flexibility index (Phi) is 5.05. The lowest BCUT2D eigenvalue weighted by Crippen LogP contribution is -2.30. The van der Waals surface area contributed by atoms with E-state index in [9.17, 15) is 9.59 Å². The van der Waals surface area contributed by atoms with Crippen LogP contribution in [0.1, 0.15) is 32.8 Å². The number of benzene rings is 2. The van der Waals surface area contributed by atoms with Crippen LogP contribution in [-0.2, 0) is 15.0 Å². The zero-order valence-electron chi connectivity index (χ0n) is 15.3. The predicted octanol–water partition coefficient (Wildman–Crippen LogP) is 4.63. The molecule has 1 aliphatic rings. The number of amides is 2. The maximum atomic E-state index is 12.6. The number of hydrogen-bond donors (Lipinski definition) is 1.